The van der Waals surface area contributed by atoms with E-state index in [9.17, 15) is 9.90 Å². The van der Waals surface area contributed by atoms with Gasteiger partial charge in [-0.25, -0.2) is 0 Å². The van der Waals surface area contributed by atoms with E-state index >= 15 is 0 Å². The molecule has 2 N–H and O–H groups in total. The molecule has 0 bridgehead atoms. The molecule has 0 spiro atoms. The lowest BCUT2D eigenvalue weighted by Crippen LogP contribution is -2.45. The standard InChI is InChI=1S/C16H23NO2/c1-11(2)12-7-9-13(10-8-12)16(19)17-14-5-3-4-6-15(14)18/h7-11,14-15,18H,3-6H2,1-2H3,(H,17,19)/t14-,15-/m1/s1. The van der Waals surface area contributed by atoms with Gasteiger partial charge in [0.05, 0.1) is 12.1 Å². The average molecular weight is 261 g/mol. The van der Waals surface area contributed by atoms with Gasteiger partial charge in [0.1, 0.15) is 0 Å². The van der Waals surface area contributed by atoms with Crippen molar-refractivity contribution in [1.82, 2.24) is 5.32 Å². The van der Waals surface area contributed by atoms with Crippen LogP contribution in [0.25, 0.3) is 0 Å². The van der Waals surface area contributed by atoms with E-state index in [4.69, 9.17) is 0 Å². The predicted octanol–water partition coefficient (Wildman–Crippen LogP) is 2.84. The van der Waals surface area contributed by atoms with Crippen LogP contribution in [0.5, 0.6) is 0 Å². The Kier molecular flexibility index (Phi) is 4.59. The van der Waals surface area contributed by atoms with Crippen LogP contribution >= 0.6 is 0 Å². The van der Waals surface area contributed by atoms with Crippen molar-refractivity contribution in [2.75, 3.05) is 0 Å². The van der Waals surface area contributed by atoms with Crippen molar-refractivity contribution in [3.8, 4) is 0 Å². The van der Waals surface area contributed by atoms with Crippen molar-refractivity contribution < 1.29 is 9.90 Å². The third-order valence-electron chi connectivity index (χ3n) is 3.89. The van der Waals surface area contributed by atoms with Gasteiger partial charge < -0.3 is 10.4 Å². The van der Waals surface area contributed by atoms with E-state index in [1.807, 2.05) is 24.3 Å². The molecule has 0 aliphatic heterocycles. The smallest absolute Gasteiger partial charge is 0.251 e. The number of carbonyl (C=O) groups is 1. The van der Waals surface area contributed by atoms with Crippen molar-refractivity contribution in [3.63, 3.8) is 0 Å². The molecule has 0 unspecified atom stereocenters. The van der Waals surface area contributed by atoms with Gasteiger partial charge in [-0.05, 0) is 36.5 Å². The summed E-state index contributed by atoms with van der Waals surface area (Å²) < 4.78 is 0. The van der Waals surface area contributed by atoms with Crippen LogP contribution in [0.15, 0.2) is 24.3 Å². The molecule has 1 aliphatic rings. The van der Waals surface area contributed by atoms with Gasteiger partial charge >= 0.3 is 0 Å². The molecule has 0 aromatic heterocycles. The Morgan fingerprint density at radius 2 is 1.84 bits per heavy atom. The van der Waals surface area contributed by atoms with Crippen molar-refractivity contribution in [3.05, 3.63) is 35.4 Å². The quantitative estimate of drug-likeness (QED) is 0.879. The summed E-state index contributed by atoms with van der Waals surface area (Å²) in [6, 6.07) is 7.62. The molecule has 3 heteroatoms. The number of benzene rings is 1. The van der Waals surface area contributed by atoms with Gasteiger partial charge in [-0.2, -0.15) is 0 Å². The minimum absolute atomic E-state index is 0.0822. The molecule has 0 heterocycles. The Bertz CT molecular complexity index is 425. The summed E-state index contributed by atoms with van der Waals surface area (Å²) >= 11 is 0. The number of hydrogen-bond donors (Lipinski definition) is 2. The van der Waals surface area contributed by atoms with E-state index < -0.39 is 6.10 Å². The number of hydrogen-bond acceptors (Lipinski definition) is 2. The van der Waals surface area contributed by atoms with E-state index in [0.717, 1.165) is 25.7 Å². The summed E-state index contributed by atoms with van der Waals surface area (Å²) in [5.41, 5.74) is 1.90. The fourth-order valence-corrected chi connectivity index (χ4v) is 2.55. The lowest BCUT2D eigenvalue weighted by atomic mass is 9.92. The molecular weight excluding hydrogens is 238 g/mol. The topological polar surface area (TPSA) is 49.3 Å². The summed E-state index contributed by atoms with van der Waals surface area (Å²) in [4.78, 5) is 12.1. The summed E-state index contributed by atoms with van der Waals surface area (Å²) in [5.74, 6) is 0.388. The molecule has 3 nitrogen and oxygen atoms in total. The summed E-state index contributed by atoms with van der Waals surface area (Å²) in [5, 5.41) is 12.8. The van der Waals surface area contributed by atoms with Crippen LogP contribution in [0.1, 0.15) is 61.4 Å². The fraction of sp³-hybridized carbons (Fsp3) is 0.562. The Hall–Kier alpha value is -1.35. The highest BCUT2D eigenvalue weighted by Gasteiger charge is 2.24. The summed E-state index contributed by atoms with van der Waals surface area (Å²) in [6.45, 7) is 4.26. The number of aliphatic hydroxyl groups is 1. The van der Waals surface area contributed by atoms with E-state index in [1.165, 1.54) is 5.56 Å². The van der Waals surface area contributed by atoms with Gasteiger partial charge in [0, 0.05) is 5.56 Å². The Balaban J connectivity index is 1.99. The van der Waals surface area contributed by atoms with Crippen LogP contribution in [0.2, 0.25) is 0 Å². The van der Waals surface area contributed by atoms with Crippen LogP contribution in [0.4, 0.5) is 0 Å². The van der Waals surface area contributed by atoms with Gasteiger partial charge in [0.15, 0.2) is 0 Å². The maximum Gasteiger partial charge on any atom is 0.251 e. The second-order valence-corrected chi connectivity index (χ2v) is 5.71. The summed E-state index contributed by atoms with van der Waals surface area (Å²) in [6.07, 6.45) is 3.40. The Morgan fingerprint density at radius 3 is 2.42 bits per heavy atom. The first-order valence-electron chi connectivity index (χ1n) is 7.17. The third kappa shape index (κ3) is 3.57. The van der Waals surface area contributed by atoms with Gasteiger partial charge in [0.2, 0.25) is 0 Å². The summed E-state index contributed by atoms with van der Waals surface area (Å²) in [7, 11) is 0. The van der Waals surface area contributed by atoms with Crippen molar-refractivity contribution in [2.45, 2.75) is 57.6 Å². The molecule has 1 fully saturated rings. The normalized spacial score (nSPS) is 23.4. The van der Waals surface area contributed by atoms with E-state index in [1.54, 1.807) is 0 Å². The predicted molar refractivity (Wildman–Crippen MR) is 76.3 cm³/mol. The highest BCUT2D eigenvalue weighted by atomic mass is 16.3. The first-order chi connectivity index (χ1) is 9.08. The zero-order valence-corrected chi connectivity index (χ0v) is 11.7. The van der Waals surface area contributed by atoms with Crippen LogP contribution in [0.3, 0.4) is 0 Å². The number of carbonyl (C=O) groups excluding carboxylic acids is 1. The number of nitrogens with one attached hydrogen (secondary N) is 1. The van der Waals surface area contributed by atoms with Gasteiger partial charge in [-0.3, -0.25) is 4.79 Å². The highest BCUT2D eigenvalue weighted by Crippen LogP contribution is 2.19. The minimum atomic E-state index is -0.396. The molecule has 104 valence electrons. The monoisotopic (exact) mass is 261 g/mol. The van der Waals surface area contributed by atoms with Crippen molar-refractivity contribution >= 4 is 5.91 Å². The van der Waals surface area contributed by atoms with E-state index in [-0.39, 0.29) is 11.9 Å². The fourth-order valence-electron chi connectivity index (χ4n) is 2.55. The van der Waals surface area contributed by atoms with Gasteiger partial charge in [-0.15, -0.1) is 0 Å². The molecule has 1 amide bonds. The molecule has 1 aromatic carbocycles. The highest BCUT2D eigenvalue weighted by molar-refractivity contribution is 5.94. The van der Waals surface area contributed by atoms with Crippen molar-refractivity contribution in [2.24, 2.45) is 0 Å². The third-order valence-corrected chi connectivity index (χ3v) is 3.89. The number of amides is 1. The number of aliphatic hydroxyl groups excluding tert-OH is 1. The Labute approximate surface area is 115 Å². The lowest BCUT2D eigenvalue weighted by Gasteiger charge is -2.28. The lowest BCUT2D eigenvalue weighted by molar-refractivity contribution is 0.0717. The SMILES string of the molecule is CC(C)c1ccc(C(=O)N[C@@H]2CCCC[C@H]2O)cc1. The van der Waals surface area contributed by atoms with E-state index in [2.05, 4.69) is 19.2 Å². The molecule has 0 radical (unpaired) electrons. The first kappa shape index (κ1) is 14.1. The molecule has 1 aromatic rings. The van der Waals surface area contributed by atoms with Gasteiger partial charge in [-0.1, -0.05) is 38.8 Å². The maximum absolute atomic E-state index is 12.1. The van der Waals surface area contributed by atoms with Crippen LogP contribution in [0, 0.1) is 0 Å². The minimum Gasteiger partial charge on any atom is -0.391 e. The average Bonchev–Trinajstić information content (AvgIpc) is 2.41. The molecule has 1 saturated carbocycles. The first-order valence-corrected chi connectivity index (χ1v) is 7.17. The molecule has 1 aliphatic carbocycles. The van der Waals surface area contributed by atoms with Crippen LogP contribution in [-0.4, -0.2) is 23.2 Å². The van der Waals surface area contributed by atoms with Crippen LogP contribution < -0.4 is 5.32 Å². The molecular formula is C16H23NO2. The largest absolute Gasteiger partial charge is 0.391 e. The van der Waals surface area contributed by atoms with Crippen molar-refractivity contribution in [1.29, 1.82) is 0 Å². The molecule has 2 rings (SSSR count). The Morgan fingerprint density at radius 1 is 1.21 bits per heavy atom. The zero-order chi connectivity index (χ0) is 13.8. The maximum atomic E-state index is 12.1. The number of rotatable bonds is 3. The zero-order valence-electron chi connectivity index (χ0n) is 11.7. The molecule has 2 atom stereocenters. The second kappa shape index (κ2) is 6.20. The van der Waals surface area contributed by atoms with E-state index in [0.29, 0.717) is 11.5 Å². The second-order valence-electron chi connectivity index (χ2n) is 5.71. The van der Waals surface area contributed by atoms with Gasteiger partial charge in [0.25, 0.3) is 5.91 Å². The van der Waals surface area contributed by atoms with Crippen LogP contribution in [-0.2, 0) is 0 Å². The molecule has 0 saturated heterocycles. The molecule has 19 heavy (non-hydrogen) atoms.